The van der Waals surface area contributed by atoms with E-state index in [-0.39, 0.29) is 12.5 Å². The van der Waals surface area contributed by atoms with Gasteiger partial charge in [0, 0.05) is 17.4 Å². The standard InChI is InChI=1S/C17H15BrN2O2S/c18-12-5-7-13(8-6-12)22-11-16(21)19-10-9-17-20-14-3-1-2-4-15(14)23-17/h1-8H,9-11H2,(H,19,21). The van der Waals surface area contributed by atoms with E-state index in [1.54, 1.807) is 11.3 Å². The highest BCUT2D eigenvalue weighted by molar-refractivity contribution is 9.10. The van der Waals surface area contributed by atoms with Gasteiger partial charge in [-0.25, -0.2) is 4.98 Å². The molecule has 2 aromatic carbocycles. The van der Waals surface area contributed by atoms with Crippen LogP contribution in [0.15, 0.2) is 53.0 Å². The number of ether oxygens (including phenoxy) is 1. The number of thiazole rings is 1. The fourth-order valence-corrected chi connectivity index (χ4v) is 3.30. The van der Waals surface area contributed by atoms with Crippen molar-refractivity contribution in [3.8, 4) is 5.75 Å². The fraction of sp³-hybridized carbons (Fsp3) is 0.176. The van der Waals surface area contributed by atoms with Crippen molar-refractivity contribution in [1.82, 2.24) is 10.3 Å². The second-order valence-corrected chi connectivity index (χ2v) is 6.95. The number of carbonyl (C=O) groups is 1. The molecule has 3 rings (SSSR count). The summed E-state index contributed by atoms with van der Waals surface area (Å²) in [5.41, 5.74) is 1.01. The zero-order valence-electron chi connectivity index (χ0n) is 12.3. The quantitative estimate of drug-likeness (QED) is 0.696. The zero-order chi connectivity index (χ0) is 16.1. The minimum atomic E-state index is -0.131. The average Bonchev–Trinajstić information content (AvgIpc) is 2.97. The number of aromatic nitrogens is 1. The Bertz CT molecular complexity index is 769. The molecule has 6 heteroatoms. The Balaban J connectivity index is 1.43. The number of rotatable bonds is 6. The van der Waals surface area contributed by atoms with Crippen LogP contribution in [-0.4, -0.2) is 24.0 Å². The molecule has 1 amide bonds. The number of hydrogen-bond donors (Lipinski definition) is 1. The van der Waals surface area contributed by atoms with E-state index < -0.39 is 0 Å². The van der Waals surface area contributed by atoms with Crippen LogP contribution in [0, 0.1) is 0 Å². The third-order valence-corrected chi connectivity index (χ3v) is 4.81. The van der Waals surface area contributed by atoms with E-state index in [9.17, 15) is 4.79 Å². The Morgan fingerprint density at radius 1 is 1.17 bits per heavy atom. The fourth-order valence-electron chi connectivity index (χ4n) is 2.07. The number of benzene rings is 2. The largest absolute Gasteiger partial charge is 0.484 e. The molecule has 23 heavy (non-hydrogen) atoms. The van der Waals surface area contributed by atoms with Crippen LogP contribution >= 0.6 is 27.3 Å². The number of hydrogen-bond acceptors (Lipinski definition) is 4. The summed E-state index contributed by atoms with van der Waals surface area (Å²) in [6, 6.07) is 15.4. The van der Waals surface area contributed by atoms with E-state index in [2.05, 4.69) is 32.3 Å². The van der Waals surface area contributed by atoms with Crippen LogP contribution in [0.3, 0.4) is 0 Å². The van der Waals surface area contributed by atoms with E-state index in [0.717, 1.165) is 21.4 Å². The molecule has 1 aromatic heterocycles. The van der Waals surface area contributed by atoms with Crippen LogP contribution in [-0.2, 0) is 11.2 Å². The first-order valence-corrected chi connectivity index (χ1v) is 8.81. The van der Waals surface area contributed by atoms with Crippen molar-refractivity contribution in [2.75, 3.05) is 13.2 Å². The van der Waals surface area contributed by atoms with Gasteiger partial charge in [0.25, 0.3) is 5.91 Å². The van der Waals surface area contributed by atoms with Crippen molar-refractivity contribution in [2.45, 2.75) is 6.42 Å². The number of amides is 1. The molecule has 0 aliphatic heterocycles. The summed E-state index contributed by atoms with van der Waals surface area (Å²) in [4.78, 5) is 16.3. The molecule has 0 saturated carbocycles. The minimum Gasteiger partial charge on any atom is -0.484 e. The van der Waals surface area contributed by atoms with Crippen LogP contribution in [0.5, 0.6) is 5.75 Å². The van der Waals surface area contributed by atoms with Gasteiger partial charge in [0.2, 0.25) is 0 Å². The van der Waals surface area contributed by atoms with E-state index in [1.807, 2.05) is 42.5 Å². The summed E-state index contributed by atoms with van der Waals surface area (Å²) < 4.78 is 7.58. The van der Waals surface area contributed by atoms with E-state index in [1.165, 1.54) is 4.70 Å². The summed E-state index contributed by atoms with van der Waals surface area (Å²) in [6.45, 7) is 0.573. The first-order valence-electron chi connectivity index (χ1n) is 7.20. The van der Waals surface area contributed by atoms with E-state index in [0.29, 0.717) is 12.3 Å². The monoisotopic (exact) mass is 390 g/mol. The van der Waals surface area contributed by atoms with Crippen LogP contribution in [0.1, 0.15) is 5.01 Å². The Morgan fingerprint density at radius 3 is 2.74 bits per heavy atom. The second kappa shape index (κ2) is 7.57. The number of nitrogens with zero attached hydrogens (tertiary/aromatic N) is 1. The maximum atomic E-state index is 11.8. The van der Waals surface area contributed by atoms with E-state index >= 15 is 0 Å². The first-order chi connectivity index (χ1) is 11.2. The summed E-state index contributed by atoms with van der Waals surface area (Å²) in [5.74, 6) is 0.545. The van der Waals surface area contributed by atoms with Crippen molar-refractivity contribution in [1.29, 1.82) is 0 Å². The Hall–Kier alpha value is -1.92. The molecule has 0 atom stereocenters. The molecule has 118 valence electrons. The topological polar surface area (TPSA) is 51.2 Å². The maximum absolute atomic E-state index is 11.8. The highest BCUT2D eigenvalue weighted by Gasteiger charge is 2.05. The molecule has 0 aliphatic rings. The lowest BCUT2D eigenvalue weighted by atomic mass is 10.3. The molecule has 1 N–H and O–H groups in total. The molecule has 0 fully saturated rings. The highest BCUT2D eigenvalue weighted by Crippen LogP contribution is 2.21. The molecule has 4 nitrogen and oxygen atoms in total. The first kappa shape index (κ1) is 16.0. The lowest BCUT2D eigenvalue weighted by Gasteiger charge is -2.06. The molecule has 0 radical (unpaired) electrons. The van der Waals surface area contributed by atoms with E-state index in [4.69, 9.17) is 4.74 Å². The molecule has 0 unspecified atom stereocenters. The molecular formula is C17H15BrN2O2S. The Kier molecular flexibility index (Phi) is 5.25. The summed E-state index contributed by atoms with van der Waals surface area (Å²) in [7, 11) is 0. The second-order valence-electron chi connectivity index (χ2n) is 4.92. The van der Waals surface area contributed by atoms with Gasteiger partial charge < -0.3 is 10.1 Å². The van der Waals surface area contributed by atoms with Crippen molar-refractivity contribution in [3.05, 3.63) is 58.0 Å². The smallest absolute Gasteiger partial charge is 0.257 e. The van der Waals surface area contributed by atoms with Crippen LogP contribution < -0.4 is 10.1 Å². The van der Waals surface area contributed by atoms with Gasteiger partial charge in [0.15, 0.2) is 6.61 Å². The number of nitrogens with one attached hydrogen (secondary N) is 1. The van der Waals surface area contributed by atoms with Crippen molar-refractivity contribution < 1.29 is 9.53 Å². The van der Waals surface area contributed by atoms with Crippen LogP contribution in [0.2, 0.25) is 0 Å². The molecule has 0 saturated heterocycles. The number of halogens is 1. The minimum absolute atomic E-state index is 0.0154. The molecule has 1 heterocycles. The summed E-state index contributed by atoms with van der Waals surface area (Å²) in [5, 5.41) is 3.88. The number of fused-ring (bicyclic) bond motifs is 1. The Labute approximate surface area is 146 Å². The number of carbonyl (C=O) groups excluding carboxylic acids is 1. The van der Waals surface area contributed by atoms with Crippen molar-refractivity contribution in [3.63, 3.8) is 0 Å². The van der Waals surface area contributed by atoms with Crippen molar-refractivity contribution in [2.24, 2.45) is 0 Å². The normalized spacial score (nSPS) is 10.7. The van der Waals surface area contributed by atoms with Crippen molar-refractivity contribution >= 4 is 43.4 Å². The predicted octanol–water partition coefficient (Wildman–Crippen LogP) is 3.80. The maximum Gasteiger partial charge on any atom is 0.257 e. The summed E-state index contributed by atoms with van der Waals surface area (Å²) in [6.07, 6.45) is 0.726. The highest BCUT2D eigenvalue weighted by atomic mass is 79.9. The third-order valence-electron chi connectivity index (χ3n) is 3.18. The lowest BCUT2D eigenvalue weighted by molar-refractivity contribution is -0.123. The SMILES string of the molecule is O=C(COc1ccc(Br)cc1)NCCc1nc2ccccc2s1. The van der Waals surface area contributed by atoms with Crippen LogP contribution in [0.4, 0.5) is 0 Å². The van der Waals surface area contributed by atoms with Gasteiger partial charge >= 0.3 is 0 Å². The molecule has 0 spiro atoms. The molecule has 0 bridgehead atoms. The van der Waals surface area contributed by atoms with Gasteiger partial charge in [-0.2, -0.15) is 0 Å². The predicted molar refractivity (Wildman–Crippen MR) is 96.0 cm³/mol. The Morgan fingerprint density at radius 2 is 1.96 bits per heavy atom. The van der Waals surface area contributed by atoms with Gasteiger partial charge in [-0.15, -0.1) is 11.3 Å². The van der Waals surface area contributed by atoms with Crippen LogP contribution in [0.25, 0.3) is 10.2 Å². The van der Waals surface area contributed by atoms with Gasteiger partial charge in [-0.3, -0.25) is 4.79 Å². The zero-order valence-corrected chi connectivity index (χ0v) is 14.7. The molecule has 3 aromatic rings. The van der Waals surface area contributed by atoms with Gasteiger partial charge in [-0.1, -0.05) is 28.1 Å². The molecular weight excluding hydrogens is 376 g/mol. The summed E-state index contributed by atoms with van der Waals surface area (Å²) >= 11 is 5.02. The van der Waals surface area contributed by atoms with Gasteiger partial charge in [-0.05, 0) is 36.4 Å². The molecule has 0 aliphatic carbocycles. The van der Waals surface area contributed by atoms with Gasteiger partial charge in [0.1, 0.15) is 5.75 Å². The number of para-hydroxylation sites is 1. The third kappa shape index (κ3) is 4.53. The van der Waals surface area contributed by atoms with Gasteiger partial charge in [0.05, 0.1) is 15.2 Å². The lowest BCUT2D eigenvalue weighted by Crippen LogP contribution is -2.30. The average molecular weight is 391 g/mol.